The van der Waals surface area contributed by atoms with Gasteiger partial charge in [-0.1, -0.05) is 44.1 Å². The molecule has 2 rings (SSSR count). The lowest BCUT2D eigenvalue weighted by Gasteiger charge is -2.14. The van der Waals surface area contributed by atoms with Crippen LogP contribution in [0.1, 0.15) is 47.7 Å². The maximum atomic E-state index is 11.8. The van der Waals surface area contributed by atoms with Crippen LogP contribution < -0.4 is 0 Å². The predicted molar refractivity (Wildman–Crippen MR) is 65.2 cm³/mol. The zero-order valence-corrected chi connectivity index (χ0v) is 9.53. The number of hydrogen-bond acceptors (Lipinski definition) is 2. The molecule has 0 fully saturated rings. The Balaban J connectivity index is 1.93. The van der Waals surface area contributed by atoms with Crippen molar-refractivity contribution >= 4 is 18.1 Å². The zero-order chi connectivity index (χ0) is 11.4. The molecule has 2 heteroatoms. The third-order valence-corrected chi connectivity index (χ3v) is 2.77. The number of carbonyl (C=O) groups excluding carboxylic acids is 1. The smallest absolute Gasteiger partial charge is 0.338 e. The maximum absolute atomic E-state index is 11.8. The van der Waals surface area contributed by atoms with Gasteiger partial charge in [0.2, 0.25) is 0 Å². The van der Waals surface area contributed by atoms with Crippen molar-refractivity contribution in [3.05, 3.63) is 34.9 Å². The van der Waals surface area contributed by atoms with Gasteiger partial charge in [0.1, 0.15) is 0 Å². The number of carbonyl (C=O) groups is 1. The van der Waals surface area contributed by atoms with Gasteiger partial charge < -0.3 is 4.74 Å². The molecule has 1 aromatic rings. The molecule has 1 aliphatic carbocycles. The summed E-state index contributed by atoms with van der Waals surface area (Å²) in [7, 11) is 0. The Morgan fingerprint density at radius 3 is 2.81 bits per heavy atom. The Morgan fingerprint density at radius 1 is 1.25 bits per heavy atom. The van der Waals surface area contributed by atoms with E-state index < -0.39 is 0 Å². The number of hydrogen-bond donors (Lipinski definition) is 0. The van der Waals surface area contributed by atoms with Gasteiger partial charge in [-0.2, -0.15) is 0 Å². The Morgan fingerprint density at radius 2 is 2.12 bits per heavy atom. The summed E-state index contributed by atoms with van der Waals surface area (Å²) in [6.45, 7) is 2.66. The minimum Gasteiger partial charge on any atom is -0.462 e. The van der Waals surface area contributed by atoms with Crippen LogP contribution >= 0.6 is 0 Å². The molecule has 2 nitrogen and oxygen atoms in total. The number of benzene rings is 1. The molecule has 0 amide bonds. The van der Waals surface area contributed by atoms with E-state index >= 15 is 0 Å². The van der Waals surface area contributed by atoms with Crippen molar-refractivity contribution in [2.45, 2.75) is 26.2 Å². The second-order valence-corrected chi connectivity index (χ2v) is 3.98. The lowest BCUT2D eigenvalue weighted by molar-refractivity contribution is 0.0498. The third kappa shape index (κ3) is 2.16. The largest absolute Gasteiger partial charge is 0.462 e. The molecule has 0 bridgehead atoms. The molecule has 0 aliphatic heterocycles. The van der Waals surface area contributed by atoms with Crippen LogP contribution in [0.15, 0.2) is 18.2 Å². The van der Waals surface area contributed by atoms with E-state index in [1.165, 1.54) is 0 Å². The summed E-state index contributed by atoms with van der Waals surface area (Å²) in [5.74, 6) is -0.197. The van der Waals surface area contributed by atoms with Crippen molar-refractivity contribution in [1.29, 1.82) is 0 Å². The highest BCUT2D eigenvalue weighted by Gasteiger charge is 2.16. The quantitative estimate of drug-likeness (QED) is 0.564. The van der Waals surface area contributed by atoms with E-state index in [-0.39, 0.29) is 5.97 Å². The second kappa shape index (κ2) is 4.97. The number of ether oxygens (including phenoxy) is 1. The van der Waals surface area contributed by atoms with E-state index in [0.717, 1.165) is 30.4 Å². The van der Waals surface area contributed by atoms with Crippen LogP contribution in [-0.2, 0) is 4.74 Å². The molecular formula is C14H16O2. The Kier molecular flexibility index (Phi) is 3.40. The van der Waals surface area contributed by atoms with Crippen LogP contribution in [0.4, 0.5) is 0 Å². The molecule has 84 valence electrons. The number of unbranched alkanes of at least 4 members (excludes halogenated alkanes) is 2. The molecule has 0 radical (unpaired) electrons. The van der Waals surface area contributed by atoms with Crippen LogP contribution in [0.2, 0.25) is 0 Å². The van der Waals surface area contributed by atoms with Gasteiger partial charge in [0, 0.05) is 0 Å². The van der Waals surface area contributed by atoms with Gasteiger partial charge in [-0.25, -0.2) is 4.79 Å². The Hall–Kier alpha value is -1.57. The fourth-order valence-electron chi connectivity index (χ4n) is 1.76. The van der Waals surface area contributed by atoms with Crippen LogP contribution in [0.25, 0.3) is 12.2 Å². The number of esters is 1. The van der Waals surface area contributed by atoms with E-state index in [0.29, 0.717) is 12.2 Å². The molecule has 0 heterocycles. The molecule has 0 aromatic heterocycles. The minimum atomic E-state index is -0.197. The first-order valence-electron chi connectivity index (χ1n) is 5.81. The summed E-state index contributed by atoms with van der Waals surface area (Å²) in [5, 5.41) is 0. The van der Waals surface area contributed by atoms with Gasteiger partial charge in [-0.15, -0.1) is 0 Å². The van der Waals surface area contributed by atoms with Crippen molar-refractivity contribution in [3.8, 4) is 0 Å². The molecule has 0 atom stereocenters. The van der Waals surface area contributed by atoms with Crippen LogP contribution in [0, 0.1) is 0 Å². The van der Waals surface area contributed by atoms with E-state index in [1.807, 2.05) is 30.4 Å². The second-order valence-electron chi connectivity index (χ2n) is 3.98. The summed E-state index contributed by atoms with van der Waals surface area (Å²) < 4.78 is 5.23. The topological polar surface area (TPSA) is 26.3 Å². The summed E-state index contributed by atoms with van der Waals surface area (Å²) >= 11 is 0. The minimum absolute atomic E-state index is 0.197. The van der Waals surface area contributed by atoms with Crippen molar-refractivity contribution in [2.24, 2.45) is 0 Å². The third-order valence-electron chi connectivity index (χ3n) is 2.77. The van der Waals surface area contributed by atoms with Crippen molar-refractivity contribution in [1.82, 2.24) is 0 Å². The standard InChI is InChI=1S/C14H16O2/c1-2-3-4-10-16-14(15)13-7-5-6-11-8-9-12(11)13/h5-9H,2-4,10H2,1H3. The number of fused-ring (bicyclic) bond motifs is 1. The average molecular weight is 216 g/mol. The van der Waals surface area contributed by atoms with E-state index in [4.69, 9.17) is 4.74 Å². The van der Waals surface area contributed by atoms with Gasteiger partial charge in [0.15, 0.2) is 0 Å². The maximum Gasteiger partial charge on any atom is 0.338 e. The molecule has 0 spiro atoms. The van der Waals surface area contributed by atoms with Crippen molar-refractivity contribution in [3.63, 3.8) is 0 Å². The molecule has 0 N–H and O–H groups in total. The van der Waals surface area contributed by atoms with E-state index in [2.05, 4.69) is 6.92 Å². The molecule has 0 unspecified atom stereocenters. The van der Waals surface area contributed by atoms with Crippen LogP contribution in [0.5, 0.6) is 0 Å². The highest BCUT2D eigenvalue weighted by Crippen LogP contribution is 2.27. The molecule has 0 saturated carbocycles. The van der Waals surface area contributed by atoms with E-state index in [9.17, 15) is 4.79 Å². The molecule has 16 heavy (non-hydrogen) atoms. The molecule has 1 aromatic carbocycles. The lowest BCUT2D eigenvalue weighted by Crippen LogP contribution is -2.10. The highest BCUT2D eigenvalue weighted by molar-refractivity contribution is 6.00. The predicted octanol–water partition coefficient (Wildman–Crippen LogP) is 3.52. The lowest BCUT2D eigenvalue weighted by atomic mass is 9.93. The SMILES string of the molecule is CCCCCOC(=O)c1cccc2c1C=C2. The summed E-state index contributed by atoms with van der Waals surface area (Å²) in [4.78, 5) is 11.8. The van der Waals surface area contributed by atoms with Crippen molar-refractivity contribution in [2.75, 3.05) is 6.61 Å². The van der Waals surface area contributed by atoms with Gasteiger partial charge in [-0.3, -0.25) is 0 Å². The molecule has 0 saturated heterocycles. The first-order chi connectivity index (χ1) is 7.83. The van der Waals surface area contributed by atoms with E-state index in [1.54, 1.807) is 0 Å². The zero-order valence-electron chi connectivity index (χ0n) is 9.53. The Labute approximate surface area is 95.9 Å². The van der Waals surface area contributed by atoms with Gasteiger partial charge in [-0.05, 0) is 23.6 Å². The molecular weight excluding hydrogens is 200 g/mol. The highest BCUT2D eigenvalue weighted by atomic mass is 16.5. The normalized spacial score (nSPS) is 11.8. The Bertz CT molecular complexity index is 419. The summed E-state index contributed by atoms with van der Waals surface area (Å²) in [6.07, 6.45) is 7.16. The summed E-state index contributed by atoms with van der Waals surface area (Å²) in [6, 6.07) is 5.72. The number of rotatable bonds is 5. The molecule has 1 aliphatic rings. The van der Waals surface area contributed by atoms with Crippen molar-refractivity contribution < 1.29 is 9.53 Å². The van der Waals surface area contributed by atoms with Gasteiger partial charge in [0.05, 0.1) is 12.2 Å². The monoisotopic (exact) mass is 216 g/mol. The summed E-state index contributed by atoms with van der Waals surface area (Å²) in [5.41, 5.74) is 2.84. The van der Waals surface area contributed by atoms with Crippen LogP contribution in [0.3, 0.4) is 0 Å². The fourth-order valence-corrected chi connectivity index (χ4v) is 1.76. The average Bonchev–Trinajstić information content (AvgIpc) is 2.25. The first kappa shape index (κ1) is 10.9. The van der Waals surface area contributed by atoms with Crippen LogP contribution in [-0.4, -0.2) is 12.6 Å². The van der Waals surface area contributed by atoms with Gasteiger partial charge >= 0.3 is 5.97 Å². The fraction of sp³-hybridized carbons (Fsp3) is 0.357. The van der Waals surface area contributed by atoms with Gasteiger partial charge in [0.25, 0.3) is 0 Å². The first-order valence-corrected chi connectivity index (χ1v) is 5.81.